The van der Waals surface area contributed by atoms with E-state index in [2.05, 4.69) is 15.6 Å². The van der Waals surface area contributed by atoms with Crippen LogP contribution in [0.25, 0.3) is 0 Å². The molecule has 2 amide bonds. The van der Waals surface area contributed by atoms with Crippen molar-refractivity contribution in [2.24, 2.45) is 0 Å². The molecular formula is C19H19Cl2N3O2. The maximum absolute atomic E-state index is 12.4. The van der Waals surface area contributed by atoms with E-state index in [1.807, 2.05) is 0 Å². The molecule has 5 nitrogen and oxygen atoms in total. The summed E-state index contributed by atoms with van der Waals surface area (Å²) in [6.45, 7) is 0. The van der Waals surface area contributed by atoms with Crippen LogP contribution >= 0.6 is 23.2 Å². The number of amides is 2. The van der Waals surface area contributed by atoms with Crippen LogP contribution in [-0.4, -0.2) is 22.8 Å². The predicted molar refractivity (Wildman–Crippen MR) is 103 cm³/mol. The van der Waals surface area contributed by atoms with Gasteiger partial charge in [0.15, 0.2) is 0 Å². The van der Waals surface area contributed by atoms with Gasteiger partial charge < -0.3 is 10.6 Å². The Kier molecular flexibility index (Phi) is 6.12. The molecule has 7 heteroatoms. The number of anilines is 1. The minimum absolute atomic E-state index is 0.160. The smallest absolute Gasteiger partial charge is 0.274 e. The maximum Gasteiger partial charge on any atom is 0.274 e. The van der Waals surface area contributed by atoms with Crippen LogP contribution in [0.2, 0.25) is 10.0 Å². The maximum atomic E-state index is 12.4. The average molecular weight is 392 g/mol. The zero-order valence-electron chi connectivity index (χ0n) is 14.1. The van der Waals surface area contributed by atoms with E-state index in [-0.39, 0.29) is 17.6 Å². The summed E-state index contributed by atoms with van der Waals surface area (Å²) in [5.41, 5.74) is 1.08. The van der Waals surface area contributed by atoms with Crippen molar-refractivity contribution in [1.82, 2.24) is 10.3 Å². The largest absolute Gasteiger partial charge is 0.349 e. The number of aromatic nitrogens is 1. The standard InChI is InChI=1S/C19H19Cl2N3O2/c20-15-7-6-14(11-16(15)21)24-19(26)17-10-12(8-9-22-17)18(25)23-13-4-2-1-3-5-13/h6-11,13H,1-5H2,(H,23,25)(H,24,26). The minimum atomic E-state index is -0.421. The highest BCUT2D eigenvalue weighted by molar-refractivity contribution is 6.42. The van der Waals surface area contributed by atoms with Gasteiger partial charge in [-0.1, -0.05) is 42.5 Å². The lowest BCUT2D eigenvalue weighted by Gasteiger charge is -2.22. The number of carbonyl (C=O) groups is 2. The summed E-state index contributed by atoms with van der Waals surface area (Å²) in [6.07, 6.45) is 6.96. The molecule has 1 aliphatic carbocycles. The van der Waals surface area contributed by atoms with Gasteiger partial charge in [-0.15, -0.1) is 0 Å². The van der Waals surface area contributed by atoms with E-state index >= 15 is 0 Å². The fraction of sp³-hybridized carbons (Fsp3) is 0.316. The van der Waals surface area contributed by atoms with Crippen molar-refractivity contribution in [2.45, 2.75) is 38.1 Å². The molecule has 0 aliphatic heterocycles. The molecule has 2 aromatic rings. The molecule has 26 heavy (non-hydrogen) atoms. The van der Waals surface area contributed by atoms with Gasteiger partial charge in [0, 0.05) is 23.5 Å². The van der Waals surface area contributed by atoms with Crippen LogP contribution in [0.4, 0.5) is 5.69 Å². The Bertz CT molecular complexity index is 820. The first kappa shape index (κ1) is 18.7. The lowest BCUT2D eigenvalue weighted by atomic mass is 9.95. The summed E-state index contributed by atoms with van der Waals surface area (Å²) in [6, 6.07) is 8.10. The highest BCUT2D eigenvalue weighted by atomic mass is 35.5. The first-order valence-electron chi connectivity index (χ1n) is 8.56. The Balaban J connectivity index is 1.68. The van der Waals surface area contributed by atoms with Crippen molar-refractivity contribution in [1.29, 1.82) is 0 Å². The van der Waals surface area contributed by atoms with Crippen LogP contribution in [0.15, 0.2) is 36.5 Å². The Morgan fingerprint density at radius 2 is 1.73 bits per heavy atom. The molecule has 1 saturated carbocycles. The van der Waals surface area contributed by atoms with Crippen molar-refractivity contribution in [3.05, 3.63) is 57.8 Å². The first-order chi connectivity index (χ1) is 12.5. The van der Waals surface area contributed by atoms with Crippen LogP contribution in [0.5, 0.6) is 0 Å². The molecule has 2 N–H and O–H groups in total. The summed E-state index contributed by atoms with van der Waals surface area (Å²) >= 11 is 11.8. The topological polar surface area (TPSA) is 71.1 Å². The van der Waals surface area contributed by atoms with Crippen LogP contribution < -0.4 is 10.6 Å². The number of nitrogens with one attached hydrogen (secondary N) is 2. The van der Waals surface area contributed by atoms with Gasteiger partial charge in [-0.25, -0.2) is 0 Å². The molecule has 1 heterocycles. The quantitative estimate of drug-likeness (QED) is 0.792. The van der Waals surface area contributed by atoms with Gasteiger partial charge in [0.05, 0.1) is 10.0 Å². The van der Waals surface area contributed by atoms with E-state index in [0.717, 1.165) is 25.7 Å². The lowest BCUT2D eigenvalue weighted by Crippen LogP contribution is -2.36. The second-order valence-electron chi connectivity index (χ2n) is 6.32. The Labute approximate surface area is 162 Å². The second kappa shape index (κ2) is 8.52. The van der Waals surface area contributed by atoms with E-state index < -0.39 is 5.91 Å². The van der Waals surface area contributed by atoms with E-state index in [1.54, 1.807) is 24.3 Å². The molecule has 1 fully saturated rings. The van der Waals surface area contributed by atoms with Gasteiger partial charge in [-0.3, -0.25) is 14.6 Å². The number of carbonyl (C=O) groups excluding carboxylic acids is 2. The van der Waals surface area contributed by atoms with Gasteiger partial charge in [0.25, 0.3) is 11.8 Å². The van der Waals surface area contributed by atoms with Gasteiger partial charge in [0.1, 0.15) is 5.69 Å². The van der Waals surface area contributed by atoms with Crippen LogP contribution in [0.3, 0.4) is 0 Å². The molecule has 1 aromatic heterocycles. The van der Waals surface area contributed by atoms with Crippen molar-refractivity contribution >= 4 is 40.7 Å². The van der Waals surface area contributed by atoms with Gasteiger partial charge in [0.2, 0.25) is 0 Å². The molecule has 136 valence electrons. The molecule has 1 aromatic carbocycles. The highest BCUT2D eigenvalue weighted by Gasteiger charge is 2.18. The molecule has 0 bridgehead atoms. The van der Waals surface area contributed by atoms with E-state index in [0.29, 0.717) is 21.3 Å². The number of nitrogens with zero attached hydrogens (tertiary/aromatic N) is 1. The Morgan fingerprint density at radius 1 is 0.962 bits per heavy atom. The van der Waals surface area contributed by atoms with Gasteiger partial charge >= 0.3 is 0 Å². The predicted octanol–water partition coefficient (Wildman–Crippen LogP) is 4.70. The summed E-state index contributed by atoms with van der Waals surface area (Å²) in [7, 11) is 0. The first-order valence-corrected chi connectivity index (χ1v) is 9.32. The van der Waals surface area contributed by atoms with Gasteiger partial charge in [-0.05, 0) is 43.2 Å². The van der Waals surface area contributed by atoms with Crippen LogP contribution in [0, 0.1) is 0 Å². The van der Waals surface area contributed by atoms with E-state index in [1.165, 1.54) is 18.7 Å². The molecular weight excluding hydrogens is 373 g/mol. The number of hydrogen-bond acceptors (Lipinski definition) is 3. The van der Waals surface area contributed by atoms with E-state index in [4.69, 9.17) is 23.2 Å². The third-order valence-corrected chi connectivity index (χ3v) is 5.11. The fourth-order valence-electron chi connectivity index (χ4n) is 2.98. The van der Waals surface area contributed by atoms with Crippen LogP contribution in [0.1, 0.15) is 53.0 Å². The van der Waals surface area contributed by atoms with Crippen molar-refractivity contribution in [3.63, 3.8) is 0 Å². The number of hydrogen-bond donors (Lipinski definition) is 2. The van der Waals surface area contributed by atoms with Gasteiger partial charge in [-0.2, -0.15) is 0 Å². The normalized spacial score (nSPS) is 14.7. The lowest BCUT2D eigenvalue weighted by molar-refractivity contribution is 0.0927. The molecule has 0 unspecified atom stereocenters. The SMILES string of the molecule is O=C(NC1CCCCC1)c1ccnc(C(=O)Nc2ccc(Cl)c(Cl)c2)c1. The highest BCUT2D eigenvalue weighted by Crippen LogP contribution is 2.25. The number of halogens is 2. The molecule has 0 spiro atoms. The fourth-order valence-corrected chi connectivity index (χ4v) is 3.28. The second-order valence-corrected chi connectivity index (χ2v) is 7.14. The molecule has 1 aliphatic rings. The zero-order valence-corrected chi connectivity index (χ0v) is 15.6. The van der Waals surface area contributed by atoms with E-state index in [9.17, 15) is 9.59 Å². The summed E-state index contributed by atoms with van der Waals surface area (Å²) in [4.78, 5) is 28.9. The monoisotopic (exact) mass is 391 g/mol. The molecule has 0 atom stereocenters. The number of pyridine rings is 1. The van der Waals surface area contributed by atoms with Crippen LogP contribution in [-0.2, 0) is 0 Å². The van der Waals surface area contributed by atoms with Crippen molar-refractivity contribution in [3.8, 4) is 0 Å². The number of rotatable bonds is 4. The molecule has 0 saturated heterocycles. The summed E-state index contributed by atoms with van der Waals surface area (Å²) in [5.74, 6) is -0.599. The van der Waals surface area contributed by atoms with Crippen molar-refractivity contribution < 1.29 is 9.59 Å². The Hall–Kier alpha value is -2.11. The number of benzene rings is 1. The van der Waals surface area contributed by atoms with Crippen molar-refractivity contribution in [2.75, 3.05) is 5.32 Å². The summed E-state index contributed by atoms with van der Waals surface area (Å²) < 4.78 is 0. The minimum Gasteiger partial charge on any atom is -0.349 e. The Morgan fingerprint density at radius 3 is 2.46 bits per heavy atom. The average Bonchev–Trinajstić information content (AvgIpc) is 2.65. The zero-order chi connectivity index (χ0) is 18.5. The third kappa shape index (κ3) is 4.74. The molecule has 3 rings (SSSR count). The molecule has 0 radical (unpaired) electrons. The summed E-state index contributed by atoms with van der Waals surface area (Å²) in [5, 5.41) is 6.48. The third-order valence-electron chi connectivity index (χ3n) is 4.37.